The number of fused-ring (bicyclic) bond motifs is 7. The standard InChI is InChI=1S/C56H37N3S2/c1-3-13-41(14-4-1)58-50-19-9-7-17-46(50)49-37-48(54-47-18-8-10-20-51(47)59(56(54)55(49)58)42-15-5-2-6-16-42)38-23-29-43(30-24-38)57(44-31-25-39(26-32-44)52-21-11-35-60-52)45-33-27-40(28-34-45)53-22-12-36-61-53/h1-37H. The first-order valence-electron chi connectivity index (χ1n) is 20.6. The Balaban J connectivity index is 1.09. The zero-order valence-corrected chi connectivity index (χ0v) is 34.7. The van der Waals surface area contributed by atoms with E-state index in [0.29, 0.717) is 0 Å². The van der Waals surface area contributed by atoms with Gasteiger partial charge in [-0.05, 0) is 124 Å². The van der Waals surface area contributed by atoms with E-state index in [4.69, 9.17) is 0 Å². The van der Waals surface area contributed by atoms with Gasteiger partial charge in [-0.1, -0.05) is 121 Å². The summed E-state index contributed by atoms with van der Waals surface area (Å²) in [5.74, 6) is 0. The van der Waals surface area contributed by atoms with Crippen molar-refractivity contribution in [1.29, 1.82) is 0 Å². The maximum Gasteiger partial charge on any atom is 0.0795 e. The van der Waals surface area contributed by atoms with E-state index >= 15 is 0 Å². The SMILES string of the molecule is c1ccc(-n2c3ccccc3c3cc(-c4ccc(N(c5ccc(-c6cccs6)cc5)c5ccc(-c6cccs6)cc5)cc4)c4c5ccccc5n(-c5ccccc5)c4c32)cc1. The molecule has 5 heteroatoms. The first kappa shape index (κ1) is 35.5. The van der Waals surface area contributed by atoms with Crippen molar-refractivity contribution in [3.8, 4) is 43.4 Å². The van der Waals surface area contributed by atoms with Crippen LogP contribution in [0.15, 0.2) is 223 Å². The van der Waals surface area contributed by atoms with Crippen LogP contribution in [0.1, 0.15) is 0 Å². The highest BCUT2D eigenvalue weighted by Gasteiger charge is 2.24. The van der Waals surface area contributed by atoms with Crippen molar-refractivity contribution in [2.75, 3.05) is 4.90 Å². The molecule has 0 unspecified atom stereocenters. The fourth-order valence-electron chi connectivity index (χ4n) is 9.19. The fraction of sp³-hybridized carbons (Fsp3) is 0. The van der Waals surface area contributed by atoms with Gasteiger partial charge >= 0.3 is 0 Å². The van der Waals surface area contributed by atoms with Crippen LogP contribution in [0.4, 0.5) is 17.1 Å². The molecule has 8 aromatic carbocycles. The van der Waals surface area contributed by atoms with Crippen molar-refractivity contribution in [2.24, 2.45) is 0 Å². The van der Waals surface area contributed by atoms with Crippen molar-refractivity contribution in [2.45, 2.75) is 0 Å². The zero-order chi connectivity index (χ0) is 40.3. The summed E-state index contributed by atoms with van der Waals surface area (Å²) >= 11 is 3.54. The van der Waals surface area contributed by atoms with Crippen LogP contribution in [-0.4, -0.2) is 9.13 Å². The van der Waals surface area contributed by atoms with Gasteiger partial charge in [0.2, 0.25) is 0 Å². The summed E-state index contributed by atoms with van der Waals surface area (Å²) in [6.45, 7) is 0. The van der Waals surface area contributed by atoms with Crippen LogP contribution < -0.4 is 4.90 Å². The van der Waals surface area contributed by atoms with Gasteiger partial charge in [0.25, 0.3) is 0 Å². The number of anilines is 3. The third-order valence-electron chi connectivity index (χ3n) is 11.9. The number of hydrogen-bond donors (Lipinski definition) is 0. The van der Waals surface area contributed by atoms with Crippen molar-refractivity contribution < 1.29 is 0 Å². The van der Waals surface area contributed by atoms with Crippen LogP contribution in [0.5, 0.6) is 0 Å². The lowest BCUT2D eigenvalue weighted by molar-refractivity contribution is 1.15. The minimum Gasteiger partial charge on any atom is -0.311 e. The fourth-order valence-corrected chi connectivity index (χ4v) is 10.7. The smallest absolute Gasteiger partial charge is 0.0795 e. The molecule has 0 radical (unpaired) electrons. The first-order valence-corrected chi connectivity index (χ1v) is 22.3. The van der Waals surface area contributed by atoms with E-state index in [0.717, 1.165) is 28.4 Å². The number of benzene rings is 8. The molecule has 0 saturated carbocycles. The van der Waals surface area contributed by atoms with E-state index in [9.17, 15) is 0 Å². The van der Waals surface area contributed by atoms with Crippen molar-refractivity contribution in [1.82, 2.24) is 9.13 Å². The predicted octanol–water partition coefficient (Wildman–Crippen LogP) is 16.5. The Hall–Kier alpha value is -7.44. The second-order valence-corrected chi connectivity index (χ2v) is 17.2. The molecule has 288 valence electrons. The summed E-state index contributed by atoms with van der Waals surface area (Å²) in [6.07, 6.45) is 0. The highest BCUT2D eigenvalue weighted by molar-refractivity contribution is 7.13. The van der Waals surface area contributed by atoms with Crippen LogP contribution in [0.25, 0.3) is 87.0 Å². The van der Waals surface area contributed by atoms with E-state index in [1.807, 2.05) is 0 Å². The molecule has 0 aliphatic carbocycles. The number of hydrogen-bond acceptors (Lipinski definition) is 3. The second kappa shape index (κ2) is 14.7. The molecule has 0 atom stereocenters. The van der Waals surface area contributed by atoms with Gasteiger partial charge in [-0.25, -0.2) is 0 Å². The van der Waals surface area contributed by atoms with Crippen LogP contribution in [0, 0.1) is 0 Å². The van der Waals surface area contributed by atoms with Gasteiger partial charge < -0.3 is 14.0 Å². The molecule has 0 N–H and O–H groups in total. The average molecular weight is 816 g/mol. The molecule has 0 spiro atoms. The Morgan fingerprint density at radius 3 is 1.30 bits per heavy atom. The highest BCUT2D eigenvalue weighted by atomic mass is 32.1. The molecule has 0 amide bonds. The summed E-state index contributed by atoms with van der Waals surface area (Å²) < 4.78 is 4.94. The molecule has 0 aliphatic heterocycles. The van der Waals surface area contributed by atoms with Crippen LogP contribution in [-0.2, 0) is 0 Å². The van der Waals surface area contributed by atoms with Crippen molar-refractivity contribution in [3.05, 3.63) is 223 Å². The number of nitrogens with zero attached hydrogens (tertiary/aromatic N) is 3. The predicted molar refractivity (Wildman–Crippen MR) is 262 cm³/mol. The van der Waals surface area contributed by atoms with Gasteiger partial charge in [-0.15, -0.1) is 22.7 Å². The molecule has 4 aromatic heterocycles. The quantitative estimate of drug-likeness (QED) is 0.149. The molecule has 0 saturated heterocycles. The molecule has 0 bridgehead atoms. The molecular weight excluding hydrogens is 779 g/mol. The normalized spacial score (nSPS) is 11.6. The monoisotopic (exact) mass is 815 g/mol. The van der Waals surface area contributed by atoms with E-state index in [2.05, 4.69) is 237 Å². The van der Waals surface area contributed by atoms with Gasteiger partial charge in [0.1, 0.15) is 0 Å². The molecule has 0 aliphatic rings. The Morgan fingerprint density at radius 1 is 0.344 bits per heavy atom. The number of rotatable bonds is 8. The molecule has 12 rings (SSSR count). The molecular formula is C56H37N3S2. The Morgan fingerprint density at radius 2 is 0.787 bits per heavy atom. The minimum absolute atomic E-state index is 1.10. The molecule has 4 heterocycles. The summed E-state index contributed by atoms with van der Waals surface area (Å²) in [6, 6.07) is 77.5. The summed E-state index contributed by atoms with van der Waals surface area (Å²) in [5, 5.41) is 9.20. The lowest BCUT2D eigenvalue weighted by Crippen LogP contribution is -2.09. The largest absolute Gasteiger partial charge is 0.311 e. The number of para-hydroxylation sites is 4. The van der Waals surface area contributed by atoms with Gasteiger partial charge in [0.05, 0.1) is 22.1 Å². The van der Waals surface area contributed by atoms with Gasteiger partial charge in [0.15, 0.2) is 0 Å². The lowest BCUT2D eigenvalue weighted by Gasteiger charge is -2.26. The maximum atomic E-state index is 2.48. The third kappa shape index (κ3) is 5.93. The van der Waals surface area contributed by atoms with Gasteiger partial charge in [-0.2, -0.15) is 0 Å². The number of thiophene rings is 2. The Kier molecular flexibility index (Phi) is 8.54. The molecule has 61 heavy (non-hydrogen) atoms. The lowest BCUT2D eigenvalue weighted by atomic mass is 9.96. The minimum atomic E-state index is 1.10. The van der Waals surface area contributed by atoms with Crippen molar-refractivity contribution in [3.63, 3.8) is 0 Å². The van der Waals surface area contributed by atoms with E-state index in [1.54, 1.807) is 22.7 Å². The molecule has 3 nitrogen and oxygen atoms in total. The summed E-state index contributed by atoms with van der Waals surface area (Å²) in [7, 11) is 0. The van der Waals surface area contributed by atoms with E-state index in [1.165, 1.54) is 75.6 Å². The zero-order valence-electron chi connectivity index (χ0n) is 33.0. The Labute approximate surface area is 361 Å². The average Bonchev–Trinajstić information content (AvgIpc) is 4.17. The van der Waals surface area contributed by atoms with Gasteiger partial charge in [-0.3, -0.25) is 0 Å². The van der Waals surface area contributed by atoms with E-state index < -0.39 is 0 Å². The van der Waals surface area contributed by atoms with Gasteiger partial charge in [0, 0.05) is 59.7 Å². The van der Waals surface area contributed by atoms with E-state index in [-0.39, 0.29) is 0 Å². The first-order chi connectivity index (χ1) is 30.3. The second-order valence-electron chi connectivity index (χ2n) is 15.4. The summed E-state index contributed by atoms with van der Waals surface area (Å²) in [4.78, 5) is 4.91. The maximum absolute atomic E-state index is 2.48. The van der Waals surface area contributed by atoms with Crippen LogP contribution in [0.2, 0.25) is 0 Å². The molecule has 12 aromatic rings. The van der Waals surface area contributed by atoms with Crippen LogP contribution in [0.3, 0.4) is 0 Å². The van der Waals surface area contributed by atoms with Crippen molar-refractivity contribution >= 4 is 83.3 Å². The molecule has 0 fully saturated rings. The number of aromatic nitrogens is 2. The third-order valence-corrected chi connectivity index (χ3v) is 13.7. The summed E-state index contributed by atoms with van der Waals surface area (Å²) in [5.41, 5.74) is 15.2. The highest BCUT2D eigenvalue weighted by Crippen LogP contribution is 2.47. The van der Waals surface area contributed by atoms with Crippen LogP contribution >= 0.6 is 22.7 Å². The topological polar surface area (TPSA) is 13.1 Å². The Bertz CT molecular complexity index is 3400.